The molecule has 3 nitrogen and oxygen atoms in total. The van der Waals surface area contributed by atoms with Crippen LogP contribution in [0.2, 0.25) is 0 Å². The molecule has 0 heterocycles. The molecule has 1 aliphatic carbocycles. The molecule has 1 saturated carbocycles. The molecule has 112 valence electrons. The summed E-state index contributed by atoms with van der Waals surface area (Å²) in [4.78, 5) is 0. The Morgan fingerprint density at radius 1 is 1.30 bits per heavy atom. The normalized spacial score (nSPS) is 26.5. The van der Waals surface area contributed by atoms with E-state index in [2.05, 4.69) is 26.0 Å². The lowest BCUT2D eigenvalue weighted by Gasteiger charge is -2.38. The maximum Gasteiger partial charge on any atom is 0.124 e. The summed E-state index contributed by atoms with van der Waals surface area (Å²) in [6, 6.07) is 6.20. The topological polar surface area (TPSA) is 44.5 Å². The summed E-state index contributed by atoms with van der Waals surface area (Å²) in [5, 5.41) is 0. The molecule has 2 rings (SSSR count). The van der Waals surface area contributed by atoms with Crippen LogP contribution in [0, 0.1) is 12.8 Å². The van der Waals surface area contributed by atoms with Crippen molar-refractivity contribution in [2.24, 2.45) is 11.7 Å². The summed E-state index contributed by atoms with van der Waals surface area (Å²) in [5.74, 6) is 1.69. The van der Waals surface area contributed by atoms with Gasteiger partial charge in [-0.1, -0.05) is 24.6 Å². The highest BCUT2D eigenvalue weighted by Gasteiger charge is 2.34. The van der Waals surface area contributed by atoms with E-state index >= 15 is 0 Å². The monoisotopic (exact) mass is 277 g/mol. The number of nitrogens with two attached hydrogens (primary N) is 1. The van der Waals surface area contributed by atoms with Gasteiger partial charge in [0, 0.05) is 12.1 Å². The molecule has 1 aromatic rings. The maximum atomic E-state index is 6.25. The first kappa shape index (κ1) is 15.3. The standard InChI is InChI=1S/C17H27NO2/c1-13-6-8-17(12-18,9-7-13)20-11-15-10-14(2)4-5-16(15)19-3/h4-5,10,13H,6-9,11-12,18H2,1-3H3. The number of rotatable bonds is 5. The van der Waals surface area contributed by atoms with Gasteiger partial charge in [0.15, 0.2) is 0 Å². The number of methoxy groups -OCH3 is 1. The van der Waals surface area contributed by atoms with Crippen LogP contribution in [0.1, 0.15) is 43.7 Å². The highest BCUT2D eigenvalue weighted by Crippen LogP contribution is 2.35. The average molecular weight is 277 g/mol. The van der Waals surface area contributed by atoms with Gasteiger partial charge in [-0.3, -0.25) is 0 Å². The summed E-state index contributed by atoms with van der Waals surface area (Å²) in [5.41, 5.74) is 8.19. The van der Waals surface area contributed by atoms with Gasteiger partial charge in [0.2, 0.25) is 0 Å². The Morgan fingerprint density at radius 3 is 2.60 bits per heavy atom. The Hall–Kier alpha value is -1.06. The van der Waals surface area contributed by atoms with E-state index in [9.17, 15) is 0 Å². The minimum Gasteiger partial charge on any atom is -0.496 e. The molecular formula is C17H27NO2. The SMILES string of the molecule is COc1ccc(C)cc1COC1(CN)CCC(C)CC1. The van der Waals surface area contributed by atoms with Crippen LogP contribution in [0.25, 0.3) is 0 Å². The molecule has 20 heavy (non-hydrogen) atoms. The zero-order valence-electron chi connectivity index (χ0n) is 12.9. The quantitative estimate of drug-likeness (QED) is 0.896. The number of hydrogen-bond donors (Lipinski definition) is 1. The van der Waals surface area contributed by atoms with Crippen molar-refractivity contribution >= 4 is 0 Å². The summed E-state index contributed by atoms with van der Waals surface area (Å²) < 4.78 is 11.7. The van der Waals surface area contributed by atoms with E-state index in [4.69, 9.17) is 15.2 Å². The van der Waals surface area contributed by atoms with Crippen LogP contribution < -0.4 is 10.5 Å². The van der Waals surface area contributed by atoms with Crippen molar-refractivity contribution in [1.82, 2.24) is 0 Å². The second-order valence-electron chi connectivity index (χ2n) is 6.17. The third-order valence-corrected chi connectivity index (χ3v) is 4.53. The number of benzene rings is 1. The van der Waals surface area contributed by atoms with Gasteiger partial charge in [0.05, 0.1) is 19.3 Å². The molecule has 0 unspecified atom stereocenters. The zero-order valence-corrected chi connectivity index (χ0v) is 12.9. The first-order valence-corrected chi connectivity index (χ1v) is 7.56. The van der Waals surface area contributed by atoms with Crippen molar-refractivity contribution in [3.63, 3.8) is 0 Å². The van der Waals surface area contributed by atoms with Gasteiger partial charge in [0.25, 0.3) is 0 Å². The van der Waals surface area contributed by atoms with Crippen LogP contribution in [-0.2, 0) is 11.3 Å². The minimum absolute atomic E-state index is 0.138. The van der Waals surface area contributed by atoms with Crippen LogP contribution in [-0.4, -0.2) is 19.3 Å². The molecule has 0 aromatic heterocycles. The zero-order chi connectivity index (χ0) is 14.6. The van der Waals surface area contributed by atoms with Gasteiger partial charge >= 0.3 is 0 Å². The predicted molar refractivity (Wildman–Crippen MR) is 81.9 cm³/mol. The average Bonchev–Trinajstić information content (AvgIpc) is 2.47. The van der Waals surface area contributed by atoms with E-state index in [0.29, 0.717) is 13.2 Å². The molecule has 1 aliphatic rings. The Balaban J connectivity index is 2.05. The molecular weight excluding hydrogens is 250 g/mol. The van der Waals surface area contributed by atoms with Crippen LogP contribution in [0.3, 0.4) is 0 Å². The number of ether oxygens (including phenoxy) is 2. The van der Waals surface area contributed by atoms with Gasteiger partial charge in [-0.15, -0.1) is 0 Å². The maximum absolute atomic E-state index is 6.25. The van der Waals surface area contributed by atoms with E-state index < -0.39 is 0 Å². The molecule has 0 saturated heterocycles. The van der Waals surface area contributed by atoms with Crippen molar-refractivity contribution in [2.75, 3.05) is 13.7 Å². The number of hydrogen-bond acceptors (Lipinski definition) is 3. The summed E-state index contributed by atoms with van der Waals surface area (Å²) in [6.07, 6.45) is 4.56. The smallest absolute Gasteiger partial charge is 0.124 e. The van der Waals surface area contributed by atoms with Gasteiger partial charge in [-0.2, -0.15) is 0 Å². The first-order valence-electron chi connectivity index (χ1n) is 7.56. The van der Waals surface area contributed by atoms with Crippen molar-refractivity contribution in [1.29, 1.82) is 0 Å². The number of aryl methyl sites for hydroxylation is 1. The Bertz CT molecular complexity index is 437. The molecule has 0 amide bonds. The third-order valence-electron chi connectivity index (χ3n) is 4.53. The lowest BCUT2D eigenvalue weighted by atomic mass is 9.79. The minimum atomic E-state index is -0.138. The fraction of sp³-hybridized carbons (Fsp3) is 0.647. The summed E-state index contributed by atoms with van der Waals surface area (Å²) >= 11 is 0. The lowest BCUT2D eigenvalue weighted by Crippen LogP contribution is -2.43. The predicted octanol–water partition coefficient (Wildman–Crippen LogP) is 3.43. The Kier molecular flexibility index (Phi) is 5.06. The van der Waals surface area contributed by atoms with Crippen LogP contribution in [0.4, 0.5) is 0 Å². The first-order chi connectivity index (χ1) is 9.58. The molecule has 0 bridgehead atoms. The van der Waals surface area contributed by atoms with Crippen LogP contribution in [0.5, 0.6) is 5.75 Å². The fourth-order valence-electron chi connectivity index (χ4n) is 2.95. The van der Waals surface area contributed by atoms with E-state index in [1.54, 1.807) is 7.11 Å². The molecule has 0 atom stereocenters. The summed E-state index contributed by atoms with van der Waals surface area (Å²) in [7, 11) is 1.70. The van der Waals surface area contributed by atoms with E-state index in [1.807, 2.05) is 6.07 Å². The molecule has 1 aromatic carbocycles. The van der Waals surface area contributed by atoms with Crippen molar-refractivity contribution in [3.8, 4) is 5.75 Å². The molecule has 0 radical (unpaired) electrons. The highest BCUT2D eigenvalue weighted by molar-refractivity contribution is 5.36. The van der Waals surface area contributed by atoms with Crippen LogP contribution >= 0.6 is 0 Å². The van der Waals surface area contributed by atoms with Crippen LogP contribution in [0.15, 0.2) is 18.2 Å². The largest absolute Gasteiger partial charge is 0.496 e. The molecule has 3 heteroatoms. The van der Waals surface area contributed by atoms with Crippen molar-refractivity contribution in [3.05, 3.63) is 29.3 Å². The van der Waals surface area contributed by atoms with E-state index in [-0.39, 0.29) is 5.60 Å². The molecule has 0 spiro atoms. The van der Waals surface area contributed by atoms with Gasteiger partial charge < -0.3 is 15.2 Å². The van der Waals surface area contributed by atoms with Gasteiger partial charge in [-0.25, -0.2) is 0 Å². The fourth-order valence-corrected chi connectivity index (χ4v) is 2.95. The van der Waals surface area contributed by atoms with Crippen molar-refractivity contribution in [2.45, 2.75) is 51.7 Å². The Labute approximate surface area is 122 Å². The molecule has 2 N–H and O–H groups in total. The van der Waals surface area contributed by atoms with E-state index in [1.165, 1.54) is 18.4 Å². The Morgan fingerprint density at radius 2 is 2.00 bits per heavy atom. The third kappa shape index (κ3) is 3.53. The second kappa shape index (κ2) is 6.59. The van der Waals surface area contributed by atoms with Gasteiger partial charge in [-0.05, 0) is 44.6 Å². The summed E-state index contributed by atoms with van der Waals surface area (Å²) in [6.45, 7) is 5.58. The van der Waals surface area contributed by atoms with E-state index in [0.717, 1.165) is 30.1 Å². The lowest BCUT2D eigenvalue weighted by molar-refractivity contribution is -0.0803. The second-order valence-corrected chi connectivity index (χ2v) is 6.17. The molecule has 0 aliphatic heterocycles. The van der Waals surface area contributed by atoms with Crippen molar-refractivity contribution < 1.29 is 9.47 Å². The highest BCUT2D eigenvalue weighted by atomic mass is 16.5. The van der Waals surface area contributed by atoms with Gasteiger partial charge in [0.1, 0.15) is 5.75 Å². The molecule has 1 fully saturated rings.